The van der Waals surface area contributed by atoms with E-state index in [0.717, 1.165) is 12.5 Å². The maximum absolute atomic E-state index is 5.36. The first-order chi connectivity index (χ1) is 42.8. The third-order valence-corrected chi connectivity index (χ3v) is 12.4. The van der Waals surface area contributed by atoms with Crippen molar-refractivity contribution in [1.82, 2.24) is 9.88 Å². The van der Waals surface area contributed by atoms with Crippen LogP contribution in [0.3, 0.4) is 0 Å². The SMILES string of the molecule is [CH2-][Si](C)(C)C.[CH2-][Si](C)(C)C.[CH2-][Si](C)(C)C.[CH2-][Si](C)(C)C.[CH2-][Si](C)(C)C.[CH2-][Si](C)(C)C.[CH2-][Si](C)(C)C.[Zr+4].[Zr].c1ccc(CN=C(NC2CCCCC2)n2c3ccccc3c3ccccc32)cc1.c1ccc(C[N-]C([N-]C2CCCCC2)C2c3ccccc3-c3ccccc32)cc1. The summed E-state index contributed by atoms with van der Waals surface area (Å²) in [6.45, 7) is 75.3. The minimum Gasteiger partial charge on any atom is -0.674 e. The van der Waals surface area contributed by atoms with Crippen molar-refractivity contribution in [2.45, 2.75) is 239 Å². The first-order valence-corrected chi connectivity index (χ1v) is 60.6. The van der Waals surface area contributed by atoms with Crippen LogP contribution in [-0.2, 0) is 65.5 Å². The predicted molar refractivity (Wildman–Crippen MR) is 445 cm³/mol. The number of hydrogen-bond acceptors (Lipinski definition) is 1. The van der Waals surface area contributed by atoms with Gasteiger partial charge in [0.2, 0.25) is 5.96 Å². The molecule has 3 aliphatic carbocycles. The molecule has 1 unspecified atom stereocenters. The van der Waals surface area contributed by atoms with E-state index in [1.807, 2.05) is 0 Å². The van der Waals surface area contributed by atoms with Crippen molar-refractivity contribution in [2.75, 3.05) is 0 Å². The van der Waals surface area contributed by atoms with Crippen LogP contribution in [0.2, 0.25) is 137 Å². The molecule has 2 fully saturated rings. The van der Waals surface area contributed by atoms with Crippen LogP contribution in [-0.4, -0.2) is 85.3 Å². The van der Waals surface area contributed by atoms with Gasteiger partial charge in [-0.3, -0.25) is 4.57 Å². The van der Waals surface area contributed by atoms with Crippen LogP contribution in [0, 0.1) is 45.8 Å². The summed E-state index contributed by atoms with van der Waals surface area (Å²) in [5.41, 5.74) is 10.4. The number of aromatic nitrogens is 1. The summed E-state index contributed by atoms with van der Waals surface area (Å²) in [5, 5.41) is 16.9. The monoisotopic (exact) mass is 1550 g/mol. The fourth-order valence-electron chi connectivity index (χ4n) is 9.49. The molecule has 0 aliphatic heterocycles. The van der Waals surface area contributed by atoms with Gasteiger partial charge in [-0.05, 0) is 58.7 Å². The summed E-state index contributed by atoms with van der Waals surface area (Å²) in [6, 6.07) is 57.0. The molecular weight excluding hydrogens is 1420 g/mol. The third kappa shape index (κ3) is 48.3. The van der Waals surface area contributed by atoms with Crippen molar-refractivity contribution >= 4 is 84.3 Å². The maximum atomic E-state index is 5.36. The van der Waals surface area contributed by atoms with E-state index in [4.69, 9.17) is 15.6 Å². The third-order valence-electron chi connectivity index (χ3n) is 12.4. The minimum absolute atomic E-state index is 0. The van der Waals surface area contributed by atoms with Gasteiger partial charge in [0.15, 0.2) is 0 Å². The quantitative estimate of drug-likeness (QED) is 0.0666. The summed E-state index contributed by atoms with van der Waals surface area (Å²) in [4.78, 5) is 5.10. The minimum atomic E-state index is -0.861. The Morgan fingerprint density at radius 2 is 0.726 bits per heavy atom. The molecule has 2 saturated carbocycles. The Bertz CT molecular complexity index is 2910. The topological polar surface area (TPSA) is 57.5 Å². The summed E-state index contributed by atoms with van der Waals surface area (Å²) in [7, 11) is -6.03. The zero-order valence-electron chi connectivity index (χ0n) is 64.0. The van der Waals surface area contributed by atoms with Gasteiger partial charge in [0.1, 0.15) is 0 Å². The van der Waals surface area contributed by atoms with E-state index in [0.29, 0.717) is 18.6 Å². The van der Waals surface area contributed by atoms with Crippen LogP contribution in [0.1, 0.15) is 92.4 Å². The van der Waals surface area contributed by atoms with Crippen molar-refractivity contribution in [1.29, 1.82) is 0 Å². The second-order valence-electron chi connectivity index (χ2n) is 34.2. The zero-order valence-corrected chi connectivity index (χ0v) is 76.0. The van der Waals surface area contributed by atoms with Crippen LogP contribution < -0.4 is 5.32 Å². The molecule has 14 heteroatoms. The first-order valence-electron chi connectivity index (χ1n) is 34.7. The average molecular weight is 1560 g/mol. The molecule has 1 aromatic heterocycles. The summed E-state index contributed by atoms with van der Waals surface area (Å²) >= 11 is 0. The number of fused-ring (bicyclic) bond motifs is 6. The van der Waals surface area contributed by atoms with Crippen molar-refractivity contribution < 1.29 is 52.4 Å². The number of nitrogens with zero attached hydrogens (tertiary/aromatic N) is 4. The molecule has 0 amide bonds. The standard InChI is InChI=1S/C27H28N2.C26H27N3.7C4H11Si.2Zr/c1-3-11-20(12-4-1)19-28-27(29-21-13-5-2-6-14-21)26-24-17-9-7-15-22(24)23-16-8-10-18-25(23)26;1-3-11-20(12-4-1)19-27-26(28-21-13-5-2-6-14-21)29-24-17-9-7-15-22(24)23-16-8-10-18-25(23)29;7*1-5(2,3)4;;/h1,3-4,7-12,15-18,21,26-27H,2,5-6,13-14,19H2;1,3-4,7-12,15-18,21H,2,5-6,13-14,19H2,(H,27,28);7*1H2,2-4H3;;/q-2;;7*-1;;+4. The molecule has 6 aromatic carbocycles. The van der Waals surface area contributed by atoms with Crippen LogP contribution >= 0.6 is 0 Å². The smallest absolute Gasteiger partial charge is 0.674 e. The van der Waals surface area contributed by atoms with Crippen LogP contribution in [0.4, 0.5) is 0 Å². The second-order valence-corrected chi connectivity index (χ2v) is 70.1. The van der Waals surface area contributed by atoms with Crippen LogP contribution in [0.5, 0.6) is 0 Å². The molecule has 1 N–H and O–H groups in total. The van der Waals surface area contributed by atoms with E-state index in [1.165, 1.54) is 119 Å². The number of para-hydroxylation sites is 2. The Kier molecular flexibility index (Phi) is 43.9. The predicted octanol–water partition coefficient (Wildman–Crippen LogP) is 25.4. The molecule has 95 heavy (non-hydrogen) atoms. The van der Waals surface area contributed by atoms with E-state index >= 15 is 0 Å². The molecule has 7 aromatic rings. The van der Waals surface area contributed by atoms with Crippen molar-refractivity contribution in [3.05, 3.63) is 236 Å². The summed E-state index contributed by atoms with van der Waals surface area (Å²) in [5.74, 6) is 1.20. The molecule has 10 rings (SSSR count). The first kappa shape index (κ1) is 92.8. The number of aliphatic imine (C=N–C) groups is 1. The molecule has 0 radical (unpaired) electrons. The number of rotatable bonds is 9. The molecule has 0 bridgehead atoms. The van der Waals surface area contributed by atoms with E-state index < -0.39 is 56.5 Å². The van der Waals surface area contributed by atoms with Crippen molar-refractivity contribution in [3.63, 3.8) is 0 Å². The fraction of sp³-hybridized carbons (Fsp3) is 0.457. The molecule has 1 heterocycles. The van der Waals surface area contributed by atoms with Gasteiger partial charge in [-0.15, -0.1) is 69.1 Å². The van der Waals surface area contributed by atoms with Gasteiger partial charge < -0.3 is 61.8 Å². The Morgan fingerprint density at radius 1 is 0.421 bits per heavy atom. The van der Waals surface area contributed by atoms with Gasteiger partial charge >= 0.3 is 26.2 Å². The van der Waals surface area contributed by atoms with E-state index in [1.54, 1.807) is 0 Å². The Balaban J connectivity index is 0.00000123. The fourth-order valence-corrected chi connectivity index (χ4v) is 9.49. The second kappa shape index (κ2) is 44.9. The Morgan fingerprint density at radius 3 is 1.09 bits per heavy atom. The Hall–Kier alpha value is -2.21. The van der Waals surface area contributed by atoms with E-state index in [9.17, 15) is 0 Å². The largest absolute Gasteiger partial charge is 4.00 e. The molecular formula is C81H132N5Si7Zr2-5. The van der Waals surface area contributed by atoms with Gasteiger partial charge in [0.25, 0.3) is 0 Å². The molecule has 0 spiro atoms. The normalized spacial score (nSPS) is 14.6. The maximum Gasteiger partial charge on any atom is 4.00 e. The van der Waals surface area contributed by atoms with Gasteiger partial charge in [0, 0.05) is 43.0 Å². The van der Waals surface area contributed by atoms with Crippen LogP contribution in [0.25, 0.3) is 43.6 Å². The number of hydrogen-bond donors (Lipinski definition) is 1. The van der Waals surface area contributed by atoms with Gasteiger partial charge in [-0.25, -0.2) is 11.2 Å². The average Bonchev–Trinajstić information content (AvgIpc) is 1.62. The molecule has 522 valence electrons. The molecule has 1 atom stereocenters. The van der Waals surface area contributed by atoms with E-state index in [-0.39, 0.29) is 64.5 Å². The number of nitrogens with one attached hydrogen (secondary N) is 1. The zero-order chi connectivity index (χ0) is 70.4. The van der Waals surface area contributed by atoms with Crippen molar-refractivity contribution in [2.24, 2.45) is 4.99 Å². The molecule has 0 saturated heterocycles. The van der Waals surface area contributed by atoms with Crippen LogP contribution in [0.15, 0.2) is 163 Å². The summed E-state index contributed by atoms with van der Waals surface area (Å²) < 4.78 is 2.32. The molecule has 5 nitrogen and oxygen atoms in total. The Labute approximate surface area is 632 Å². The van der Waals surface area contributed by atoms with Gasteiger partial charge in [-0.1, -0.05) is 340 Å². The van der Waals surface area contributed by atoms with Gasteiger partial charge in [0.05, 0.1) is 17.6 Å². The molecule has 3 aliphatic rings. The summed E-state index contributed by atoms with van der Waals surface area (Å²) in [6.07, 6.45) is 12.8. The van der Waals surface area contributed by atoms with Crippen molar-refractivity contribution in [3.8, 4) is 11.1 Å². The number of benzene rings is 6. The van der Waals surface area contributed by atoms with Gasteiger partial charge in [-0.2, -0.15) is 0 Å². The van der Waals surface area contributed by atoms with E-state index in [2.05, 4.69) is 351 Å².